The lowest BCUT2D eigenvalue weighted by Gasteiger charge is -2.26. The highest BCUT2D eigenvalue weighted by atomic mass is 15.3. The molecule has 4 heteroatoms. The number of rotatable bonds is 4. The van der Waals surface area contributed by atoms with Crippen molar-refractivity contribution < 1.29 is 0 Å². The summed E-state index contributed by atoms with van der Waals surface area (Å²) in [6.45, 7) is 0. The van der Waals surface area contributed by atoms with Crippen molar-refractivity contribution in [2.75, 3.05) is 4.90 Å². The molecule has 0 spiro atoms. The first-order chi connectivity index (χ1) is 26.8. The van der Waals surface area contributed by atoms with Gasteiger partial charge in [-0.2, -0.15) is 0 Å². The van der Waals surface area contributed by atoms with Crippen LogP contribution in [0.25, 0.3) is 83.0 Å². The molecule has 0 fully saturated rings. The Morgan fingerprint density at radius 3 is 1.81 bits per heavy atom. The van der Waals surface area contributed by atoms with Crippen molar-refractivity contribution in [1.82, 2.24) is 14.5 Å². The van der Waals surface area contributed by atoms with Gasteiger partial charge in [0.15, 0.2) is 0 Å². The van der Waals surface area contributed by atoms with Crippen LogP contribution in [0.1, 0.15) is 0 Å². The topological polar surface area (TPSA) is 34.0 Å². The second-order valence-electron chi connectivity index (χ2n) is 13.8. The smallest absolute Gasteiger partial charge is 0.235 e. The Bertz CT molecular complexity index is 3050. The molecule has 54 heavy (non-hydrogen) atoms. The fourth-order valence-electron chi connectivity index (χ4n) is 8.38. The summed E-state index contributed by atoms with van der Waals surface area (Å²) in [5.41, 5.74) is 14.2. The maximum atomic E-state index is 5.48. The maximum Gasteiger partial charge on any atom is 0.235 e. The molecule has 3 heterocycles. The molecule has 0 saturated heterocycles. The fraction of sp³-hybridized carbons (Fsp3) is 0. The summed E-state index contributed by atoms with van der Waals surface area (Å²) in [7, 11) is 0. The third kappa shape index (κ3) is 4.64. The quantitative estimate of drug-likeness (QED) is 0.185. The van der Waals surface area contributed by atoms with E-state index in [2.05, 4.69) is 204 Å². The standard InChI is InChI=1S/C50H32N4/c1-2-17-36(18-3-1)53-44-26-11-7-21-40(44)47-41-22-8-12-27-45(41)54(46-28-13-9-23-42(46)49(47)53)50-51-43-25-10-6-20-39(43)48(52-50)35-31-29-34(30-32-35)38-24-14-16-33-15-4-5-19-37(33)38/h1-32H. The Kier molecular flexibility index (Phi) is 6.82. The molecule has 11 rings (SSSR count). The summed E-state index contributed by atoms with van der Waals surface area (Å²) in [6, 6.07) is 69.0. The molecule has 0 bridgehead atoms. The van der Waals surface area contributed by atoms with E-state index >= 15 is 0 Å². The van der Waals surface area contributed by atoms with E-state index in [1.807, 2.05) is 0 Å². The van der Waals surface area contributed by atoms with Crippen molar-refractivity contribution in [3.8, 4) is 50.5 Å². The molecular weight excluding hydrogens is 657 g/mol. The van der Waals surface area contributed by atoms with E-state index in [1.165, 1.54) is 38.4 Å². The molecule has 4 nitrogen and oxygen atoms in total. The minimum atomic E-state index is 0.627. The third-order valence-corrected chi connectivity index (χ3v) is 10.8. The normalized spacial score (nSPS) is 12.0. The van der Waals surface area contributed by atoms with E-state index in [0.717, 1.165) is 56.0 Å². The number of nitrogens with zero attached hydrogens (tertiary/aromatic N) is 4. The number of para-hydroxylation sites is 5. The first-order valence-electron chi connectivity index (χ1n) is 18.3. The van der Waals surface area contributed by atoms with Gasteiger partial charge in [0.1, 0.15) is 0 Å². The molecule has 2 aromatic heterocycles. The van der Waals surface area contributed by atoms with E-state index in [9.17, 15) is 0 Å². The van der Waals surface area contributed by atoms with Crippen LogP contribution in [-0.4, -0.2) is 14.5 Å². The Hall–Kier alpha value is -7.30. The molecule has 0 N–H and O–H groups in total. The highest BCUT2D eigenvalue weighted by molar-refractivity contribution is 6.13. The Labute approximate surface area is 312 Å². The molecule has 252 valence electrons. The predicted octanol–water partition coefficient (Wildman–Crippen LogP) is 13.2. The van der Waals surface area contributed by atoms with Gasteiger partial charge < -0.3 is 4.57 Å². The van der Waals surface area contributed by atoms with Crippen LogP contribution in [0.5, 0.6) is 0 Å². The van der Waals surface area contributed by atoms with Crippen molar-refractivity contribution >= 4 is 49.9 Å². The SMILES string of the molecule is c1ccc(-n2c3c(c4ccccc42)-c2ccccc2N(c2nc(-c4ccc(-c5cccc6ccccc56)cc4)c4ccccc4n2)c2ccccc2-3)cc1. The van der Waals surface area contributed by atoms with Crippen molar-refractivity contribution in [2.24, 2.45) is 0 Å². The van der Waals surface area contributed by atoms with Gasteiger partial charge in [0.25, 0.3) is 0 Å². The van der Waals surface area contributed by atoms with Gasteiger partial charge in [-0.1, -0.05) is 158 Å². The molecule has 1 aliphatic rings. The fourth-order valence-corrected chi connectivity index (χ4v) is 8.38. The first-order valence-corrected chi connectivity index (χ1v) is 18.3. The van der Waals surface area contributed by atoms with Crippen LogP contribution in [0.15, 0.2) is 194 Å². The van der Waals surface area contributed by atoms with Gasteiger partial charge in [0.2, 0.25) is 5.95 Å². The number of anilines is 3. The zero-order valence-corrected chi connectivity index (χ0v) is 29.3. The zero-order chi connectivity index (χ0) is 35.6. The Morgan fingerprint density at radius 1 is 0.389 bits per heavy atom. The van der Waals surface area contributed by atoms with Gasteiger partial charge in [-0.25, -0.2) is 9.97 Å². The summed E-state index contributed by atoms with van der Waals surface area (Å²) >= 11 is 0. The van der Waals surface area contributed by atoms with Crippen molar-refractivity contribution in [3.63, 3.8) is 0 Å². The number of benzene rings is 8. The summed E-state index contributed by atoms with van der Waals surface area (Å²) in [4.78, 5) is 13.1. The average molecular weight is 689 g/mol. The van der Waals surface area contributed by atoms with Gasteiger partial charge in [0.05, 0.1) is 33.8 Å². The minimum absolute atomic E-state index is 0.627. The molecule has 0 amide bonds. The van der Waals surface area contributed by atoms with Gasteiger partial charge in [-0.3, -0.25) is 4.90 Å². The van der Waals surface area contributed by atoms with E-state index in [0.29, 0.717) is 5.95 Å². The van der Waals surface area contributed by atoms with Crippen molar-refractivity contribution in [3.05, 3.63) is 194 Å². The van der Waals surface area contributed by atoms with Crippen molar-refractivity contribution in [1.29, 1.82) is 0 Å². The zero-order valence-electron chi connectivity index (χ0n) is 29.3. The van der Waals surface area contributed by atoms with E-state index in [1.54, 1.807) is 0 Å². The summed E-state index contributed by atoms with van der Waals surface area (Å²) in [5, 5.41) is 4.70. The molecular formula is C50H32N4. The molecule has 0 radical (unpaired) electrons. The van der Waals surface area contributed by atoms with Crippen LogP contribution in [0.4, 0.5) is 17.3 Å². The van der Waals surface area contributed by atoms with Gasteiger partial charge in [0, 0.05) is 38.7 Å². The number of hydrogen-bond acceptors (Lipinski definition) is 3. The molecule has 8 aromatic carbocycles. The van der Waals surface area contributed by atoms with Gasteiger partial charge in [-0.15, -0.1) is 0 Å². The largest absolute Gasteiger partial charge is 0.309 e. The summed E-state index contributed by atoms with van der Waals surface area (Å²) in [6.07, 6.45) is 0. The van der Waals surface area contributed by atoms with Crippen LogP contribution in [0.2, 0.25) is 0 Å². The third-order valence-electron chi connectivity index (χ3n) is 10.8. The molecule has 0 unspecified atom stereocenters. The maximum absolute atomic E-state index is 5.48. The number of aromatic nitrogens is 3. The number of fused-ring (bicyclic) bond motifs is 9. The number of hydrogen-bond donors (Lipinski definition) is 0. The molecule has 0 aliphatic carbocycles. The molecule has 10 aromatic rings. The van der Waals surface area contributed by atoms with Crippen LogP contribution >= 0.6 is 0 Å². The lowest BCUT2D eigenvalue weighted by Crippen LogP contribution is -2.15. The first kappa shape index (κ1) is 30.3. The van der Waals surface area contributed by atoms with Crippen molar-refractivity contribution in [2.45, 2.75) is 0 Å². The van der Waals surface area contributed by atoms with E-state index < -0.39 is 0 Å². The molecule has 0 atom stereocenters. The summed E-state index contributed by atoms with van der Waals surface area (Å²) in [5.74, 6) is 0.627. The van der Waals surface area contributed by atoms with E-state index in [4.69, 9.17) is 9.97 Å². The second-order valence-corrected chi connectivity index (χ2v) is 13.8. The minimum Gasteiger partial charge on any atom is -0.309 e. The average Bonchev–Trinajstić information content (AvgIpc) is 3.53. The second kappa shape index (κ2) is 12.1. The van der Waals surface area contributed by atoms with Crippen LogP contribution in [0, 0.1) is 0 Å². The highest BCUT2D eigenvalue weighted by Crippen LogP contribution is 2.54. The molecule has 0 saturated carbocycles. The lowest BCUT2D eigenvalue weighted by atomic mass is 9.96. The lowest BCUT2D eigenvalue weighted by molar-refractivity contribution is 1.11. The monoisotopic (exact) mass is 688 g/mol. The van der Waals surface area contributed by atoms with Gasteiger partial charge in [-0.05, 0) is 58.3 Å². The van der Waals surface area contributed by atoms with Gasteiger partial charge >= 0.3 is 0 Å². The Morgan fingerprint density at radius 2 is 0.981 bits per heavy atom. The molecule has 1 aliphatic heterocycles. The van der Waals surface area contributed by atoms with Crippen LogP contribution in [0.3, 0.4) is 0 Å². The predicted molar refractivity (Wildman–Crippen MR) is 224 cm³/mol. The Balaban J connectivity index is 1.15. The summed E-state index contributed by atoms with van der Waals surface area (Å²) < 4.78 is 2.41. The van der Waals surface area contributed by atoms with Crippen LogP contribution in [-0.2, 0) is 0 Å². The van der Waals surface area contributed by atoms with Crippen LogP contribution < -0.4 is 4.90 Å². The highest BCUT2D eigenvalue weighted by Gasteiger charge is 2.32. The van der Waals surface area contributed by atoms with E-state index in [-0.39, 0.29) is 0 Å².